The smallest absolute Gasteiger partial charge is 0.123 e. The third-order valence-corrected chi connectivity index (χ3v) is 7.85. The zero-order chi connectivity index (χ0) is 24.5. The van der Waals surface area contributed by atoms with E-state index in [1.54, 1.807) is 12.1 Å². The molecule has 36 heavy (non-hydrogen) atoms. The average molecular weight is 482 g/mol. The van der Waals surface area contributed by atoms with E-state index in [2.05, 4.69) is 59.5 Å². The van der Waals surface area contributed by atoms with Crippen LogP contribution in [0.25, 0.3) is 17.2 Å². The summed E-state index contributed by atoms with van der Waals surface area (Å²) in [6.45, 7) is 2.49. The van der Waals surface area contributed by atoms with E-state index in [9.17, 15) is 8.78 Å². The van der Waals surface area contributed by atoms with E-state index >= 15 is 0 Å². The van der Waals surface area contributed by atoms with Gasteiger partial charge >= 0.3 is 0 Å². The first-order chi connectivity index (χ1) is 17.7. The molecule has 1 saturated carbocycles. The van der Waals surface area contributed by atoms with E-state index in [1.165, 1.54) is 50.1 Å². The summed E-state index contributed by atoms with van der Waals surface area (Å²) in [4.78, 5) is 2.29. The molecular formula is C33H33F2N. The van der Waals surface area contributed by atoms with Crippen molar-refractivity contribution in [1.82, 2.24) is 4.90 Å². The van der Waals surface area contributed by atoms with Crippen LogP contribution in [0.5, 0.6) is 0 Å². The Morgan fingerprint density at radius 2 is 1.69 bits per heavy atom. The highest BCUT2D eigenvalue weighted by molar-refractivity contribution is 6.00. The summed E-state index contributed by atoms with van der Waals surface area (Å²) in [5.41, 5.74) is 11.6. The van der Waals surface area contributed by atoms with Crippen LogP contribution in [0.2, 0.25) is 0 Å². The Labute approximate surface area is 213 Å². The molecule has 3 aromatic rings. The Morgan fingerprint density at radius 3 is 2.47 bits per heavy atom. The Hall–Kier alpha value is -3.04. The lowest BCUT2D eigenvalue weighted by Crippen LogP contribution is -2.40. The lowest BCUT2D eigenvalue weighted by molar-refractivity contribution is 0.239. The van der Waals surface area contributed by atoms with Gasteiger partial charge in [0.25, 0.3) is 0 Å². The van der Waals surface area contributed by atoms with Crippen LogP contribution in [0, 0.1) is 5.82 Å². The van der Waals surface area contributed by atoms with Crippen molar-refractivity contribution in [2.45, 2.75) is 44.4 Å². The second-order valence-corrected chi connectivity index (χ2v) is 10.5. The van der Waals surface area contributed by atoms with E-state index in [1.807, 2.05) is 6.07 Å². The molecule has 1 saturated heterocycles. The number of alkyl halides is 1. The maximum Gasteiger partial charge on any atom is 0.123 e. The largest absolute Gasteiger partial charge is 0.295 e. The van der Waals surface area contributed by atoms with Crippen molar-refractivity contribution in [2.75, 3.05) is 26.3 Å². The van der Waals surface area contributed by atoms with Crippen LogP contribution in [0.3, 0.4) is 0 Å². The van der Waals surface area contributed by atoms with Gasteiger partial charge < -0.3 is 0 Å². The van der Waals surface area contributed by atoms with Crippen molar-refractivity contribution in [1.29, 1.82) is 0 Å². The van der Waals surface area contributed by atoms with Gasteiger partial charge in [-0.1, -0.05) is 60.7 Å². The highest BCUT2D eigenvalue weighted by atomic mass is 19.1. The molecule has 0 unspecified atom stereocenters. The van der Waals surface area contributed by atoms with Gasteiger partial charge in [0.1, 0.15) is 5.82 Å². The molecule has 3 aliphatic rings. The number of likely N-dealkylation sites (tertiary alicyclic amines) is 1. The van der Waals surface area contributed by atoms with Gasteiger partial charge in [-0.15, -0.1) is 0 Å². The summed E-state index contributed by atoms with van der Waals surface area (Å²) >= 11 is 0. The summed E-state index contributed by atoms with van der Waals surface area (Å²) in [7, 11) is 0. The standard InChI is InChI=1S/C33H33F2N/c34-17-4-18-36-21-24(22-36)19-23-9-11-27(12-10-23)33-29-7-2-1-5-25(29)6-3-8-31(33)30-16-15-28(35)20-32(30)26-13-14-26/h1-2,5,7,9-12,15-16,19-20,26H,3-4,6,8,13-14,17-18,21-22H2. The molecule has 2 fully saturated rings. The molecule has 0 bridgehead atoms. The second kappa shape index (κ2) is 10.1. The summed E-state index contributed by atoms with van der Waals surface area (Å²) in [5.74, 6) is 0.359. The lowest BCUT2D eigenvalue weighted by atomic mass is 9.85. The van der Waals surface area contributed by atoms with E-state index in [4.69, 9.17) is 0 Å². The van der Waals surface area contributed by atoms with Gasteiger partial charge in [-0.2, -0.15) is 0 Å². The Bertz CT molecular complexity index is 1310. The maximum absolute atomic E-state index is 14.3. The zero-order valence-corrected chi connectivity index (χ0v) is 20.8. The first-order valence-corrected chi connectivity index (χ1v) is 13.4. The maximum atomic E-state index is 14.3. The van der Waals surface area contributed by atoms with Gasteiger partial charge in [0.15, 0.2) is 0 Å². The molecule has 3 heteroatoms. The number of hydrogen-bond acceptors (Lipinski definition) is 1. The quantitative estimate of drug-likeness (QED) is 0.330. The van der Waals surface area contributed by atoms with Crippen molar-refractivity contribution in [3.8, 4) is 0 Å². The van der Waals surface area contributed by atoms with E-state index in [-0.39, 0.29) is 12.5 Å². The molecule has 6 rings (SSSR count). The molecular weight excluding hydrogens is 448 g/mol. The number of fused-ring (bicyclic) bond motifs is 1. The molecule has 1 nitrogen and oxygen atoms in total. The Kier molecular flexibility index (Phi) is 6.58. The molecule has 1 heterocycles. The highest BCUT2D eigenvalue weighted by Gasteiger charge is 2.29. The minimum Gasteiger partial charge on any atom is -0.295 e. The summed E-state index contributed by atoms with van der Waals surface area (Å²) in [6, 6.07) is 23.2. The summed E-state index contributed by atoms with van der Waals surface area (Å²) in [6.07, 6.45) is 8.37. The summed E-state index contributed by atoms with van der Waals surface area (Å²) < 4.78 is 26.7. The fourth-order valence-corrected chi connectivity index (χ4v) is 5.91. The number of rotatable bonds is 7. The van der Waals surface area contributed by atoms with Gasteiger partial charge in [-0.05, 0) is 107 Å². The minimum absolute atomic E-state index is 0.131. The first-order valence-electron chi connectivity index (χ1n) is 13.4. The van der Waals surface area contributed by atoms with Crippen LogP contribution in [0.15, 0.2) is 72.3 Å². The molecule has 0 spiro atoms. The van der Waals surface area contributed by atoms with Gasteiger partial charge in [-0.25, -0.2) is 4.39 Å². The van der Waals surface area contributed by atoms with Gasteiger partial charge in [-0.3, -0.25) is 9.29 Å². The highest BCUT2D eigenvalue weighted by Crippen LogP contribution is 2.47. The van der Waals surface area contributed by atoms with Gasteiger partial charge in [0, 0.05) is 19.6 Å². The Morgan fingerprint density at radius 1 is 0.889 bits per heavy atom. The van der Waals surface area contributed by atoms with Crippen molar-refractivity contribution < 1.29 is 8.78 Å². The molecule has 1 aliphatic heterocycles. The van der Waals surface area contributed by atoms with Gasteiger partial charge in [0.2, 0.25) is 0 Å². The predicted octanol–water partition coefficient (Wildman–Crippen LogP) is 8.06. The summed E-state index contributed by atoms with van der Waals surface area (Å²) in [5, 5.41) is 0. The van der Waals surface area contributed by atoms with E-state index < -0.39 is 0 Å². The van der Waals surface area contributed by atoms with E-state index in [0.717, 1.165) is 51.7 Å². The lowest BCUT2D eigenvalue weighted by Gasteiger charge is -2.33. The predicted molar refractivity (Wildman–Crippen MR) is 145 cm³/mol. The van der Waals surface area contributed by atoms with Crippen molar-refractivity contribution in [2.24, 2.45) is 0 Å². The number of aryl methyl sites for hydroxylation is 1. The molecule has 0 N–H and O–H groups in total. The molecule has 2 aliphatic carbocycles. The average Bonchev–Trinajstić information content (AvgIpc) is 3.73. The molecule has 0 amide bonds. The van der Waals surface area contributed by atoms with Crippen molar-refractivity contribution >= 4 is 17.2 Å². The molecule has 3 aromatic carbocycles. The molecule has 0 aromatic heterocycles. The van der Waals surface area contributed by atoms with Crippen molar-refractivity contribution in [3.05, 3.63) is 112 Å². The molecule has 0 radical (unpaired) electrons. The van der Waals surface area contributed by atoms with Gasteiger partial charge in [0.05, 0.1) is 6.67 Å². The fraction of sp³-hybridized carbons (Fsp3) is 0.333. The van der Waals surface area contributed by atoms with Crippen LogP contribution in [0.1, 0.15) is 71.4 Å². The van der Waals surface area contributed by atoms with Crippen LogP contribution < -0.4 is 0 Å². The minimum atomic E-state index is -0.238. The van der Waals surface area contributed by atoms with E-state index in [0.29, 0.717) is 12.3 Å². The monoisotopic (exact) mass is 481 g/mol. The number of benzene rings is 3. The number of halogens is 2. The SMILES string of the molecule is FCCCN1CC(=Cc2ccc(C3=C(c4ccc(F)cc4C4CC4)CCCc4ccccc43)cc2)C1. The van der Waals surface area contributed by atoms with Crippen LogP contribution in [0.4, 0.5) is 8.78 Å². The normalized spacial score (nSPS) is 18.0. The van der Waals surface area contributed by atoms with Crippen LogP contribution in [-0.2, 0) is 6.42 Å². The first kappa shape index (κ1) is 23.4. The third-order valence-electron chi connectivity index (χ3n) is 7.85. The van der Waals surface area contributed by atoms with Crippen molar-refractivity contribution in [3.63, 3.8) is 0 Å². The topological polar surface area (TPSA) is 3.24 Å². The number of hydrogen-bond donors (Lipinski definition) is 0. The second-order valence-electron chi connectivity index (χ2n) is 10.5. The fourth-order valence-electron chi connectivity index (χ4n) is 5.91. The van der Waals surface area contributed by atoms with Crippen LogP contribution in [-0.4, -0.2) is 31.2 Å². The molecule has 0 atom stereocenters. The number of nitrogens with zero attached hydrogens (tertiary/aromatic N) is 1. The third kappa shape index (κ3) is 4.82. The Balaban J connectivity index is 1.39. The van der Waals surface area contributed by atoms with Crippen LogP contribution >= 0.6 is 0 Å². The number of allylic oxidation sites excluding steroid dienone is 1. The zero-order valence-electron chi connectivity index (χ0n) is 20.8. The molecule has 184 valence electrons.